The molecule has 3 nitrogen and oxygen atoms in total. The van der Waals surface area contributed by atoms with Gasteiger partial charge in [0.05, 0.1) is 20.2 Å². The summed E-state index contributed by atoms with van der Waals surface area (Å²) in [6.45, 7) is 12.1. The molecule has 0 amide bonds. The summed E-state index contributed by atoms with van der Waals surface area (Å²) in [6.07, 6.45) is 5.43. The fourth-order valence-corrected chi connectivity index (χ4v) is 3.89. The summed E-state index contributed by atoms with van der Waals surface area (Å²) in [6, 6.07) is 0. The molecule has 0 aromatic carbocycles. The number of hydrogen-bond donors (Lipinski definition) is 0. The Bertz CT molecular complexity index is 407. The lowest BCUT2D eigenvalue weighted by molar-refractivity contribution is -0.137. The first-order valence-corrected chi connectivity index (χ1v) is 10.9. The lowest BCUT2D eigenvalue weighted by Gasteiger charge is -2.42. The van der Waals surface area contributed by atoms with Crippen LogP contribution in [0.25, 0.3) is 0 Å². The van der Waals surface area contributed by atoms with Crippen LogP contribution in [0, 0.1) is 5.92 Å². The van der Waals surface area contributed by atoms with Crippen molar-refractivity contribution >= 4 is 14.3 Å². The van der Waals surface area contributed by atoms with Crippen LogP contribution in [-0.2, 0) is 14.0 Å². The molecule has 4 heteroatoms. The van der Waals surface area contributed by atoms with E-state index < -0.39 is 14.3 Å². The van der Waals surface area contributed by atoms with E-state index >= 15 is 0 Å². The molecule has 0 unspecified atom stereocenters. The van der Waals surface area contributed by atoms with Crippen molar-refractivity contribution in [1.82, 2.24) is 0 Å². The molecule has 0 heterocycles. The normalized spacial score (nSPS) is 20.9. The lowest BCUT2D eigenvalue weighted by Crippen LogP contribution is -2.47. The Hall–Kier alpha value is -0.613. The van der Waals surface area contributed by atoms with Gasteiger partial charge in [-0.25, -0.2) is 4.79 Å². The zero-order valence-corrected chi connectivity index (χ0v) is 15.5. The Kier molecular flexibility index (Phi) is 5.66. The van der Waals surface area contributed by atoms with Crippen LogP contribution >= 0.6 is 0 Å². The van der Waals surface area contributed by atoms with Gasteiger partial charge in [0.15, 0.2) is 8.32 Å². The minimum atomic E-state index is -2.02. The number of methoxy groups -OCH3 is 1. The molecule has 1 aliphatic rings. The highest BCUT2D eigenvalue weighted by molar-refractivity contribution is 6.74. The number of ether oxygens (including phenoxy) is 1. The van der Waals surface area contributed by atoms with Crippen LogP contribution in [-0.4, -0.2) is 27.5 Å². The van der Waals surface area contributed by atoms with E-state index in [0.29, 0.717) is 11.5 Å². The van der Waals surface area contributed by atoms with Crippen LogP contribution in [0.4, 0.5) is 0 Å². The Morgan fingerprint density at radius 1 is 1.29 bits per heavy atom. The Balaban J connectivity index is 3.08. The summed E-state index contributed by atoms with van der Waals surface area (Å²) < 4.78 is 19.1. The number of rotatable bonds is 5. The fourth-order valence-electron chi connectivity index (χ4n) is 2.58. The number of esters is 1. The van der Waals surface area contributed by atoms with Crippen molar-refractivity contribution in [2.75, 3.05) is 7.11 Å². The first-order chi connectivity index (χ1) is 10.1. The van der Waals surface area contributed by atoms with Gasteiger partial charge in [0.25, 0.3) is 0 Å². The van der Waals surface area contributed by atoms with E-state index in [1.165, 1.54) is 26.4 Å². The van der Waals surface area contributed by atoms with E-state index in [4.69, 9.17) is 10.5 Å². The van der Waals surface area contributed by atoms with Gasteiger partial charge in [-0.3, -0.25) is 0 Å². The van der Waals surface area contributed by atoms with Crippen molar-refractivity contribution in [3.63, 3.8) is 0 Å². The molecular formula is C17H32O3Si. The van der Waals surface area contributed by atoms with Crippen molar-refractivity contribution in [3.05, 3.63) is 12.1 Å². The second-order valence-corrected chi connectivity index (χ2v) is 12.4. The molecule has 1 rings (SSSR count). The molecular weight excluding hydrogens is 280 g/mol. The van der Waals surface area contributed by atoms with Crippen molar-refractivity contribution in [1.29, 1.82) is 0 Å². The van der Waals surface area contributed by atoms with Gasteiger partial charge in [0, 0.05) is 0 Å². The van der Waals surface area contributed by atoms with E-state index in [2.05, 4.69) is 33.9 Å². The van der Waals surface area contributed by atoms with Gasteiger partial charge in [0.1, 0.15) is 0 Å². The van der Waals surface area contributed by atoms with Gasteiger partial charge in [-0.15, -0.1) is 0 Å². The minimum absolute atomic E-state index is 0.0726. The average molecular weight is 314 g/mol. The maximum Gasteiger partial charge on any atom is 0.335 e. The fraction of sp³-hybridized carbons (Fsp3) is 0.824. The first-order valence-electron chi connectivity index (χ1n) is 8.56. The molecule has 0 bridgehead atoms. The predicted molar refractivity (Wildman–Crippen MR) is 89.8 cm³/mol. The Morgan fingerprint density at radius 2 is 1.86 bits per heavy atom. The molecule has 0 aromatic heterocycles. The summed E-state index contributed by atoms with van der Waals surface area (Å²) in [5.41, 5.74) is 0.374. The second-order valence-electron chi connectivity index (χ2n) is 7.64. The van der Waals surface area contributed by atoms with Crippen LogP contribution in [0.5, 0.6) is 0 Å². The Labute approximate surface area is 132 Å². The average Bonchev–Trinajstić information content (AvgIpc) is 2.46. The monoisotopic (exact) mass is 313 g/mol. The largest absolute Gasteiger partial charge is 0.466 e. The molecule has 0 radical (unpaired) electrons. The standard InChI is InChI=1S/C17H32O3Si/c1-13(16(18)19-5)15(14-11-9-8-10-12-14)20-21(6,7)17(2,3)4/h14-15H,1,8-12H2,2-7H3/t15-/m0/s1/i1D. The number of carbonyl (C=O) groups excluding carboxylic acids is 1. The highest BCUT2D eigenvalue weighted by Gasteiger charge is 2.42. The van der Waals surface area contributed by atoms with Crippen LogP contribution in [0.15, 0.2) is 12.1 Å². The van der Waals surface area contributed by atoms with E-state index in [9.17, 15) is 4.79 Å². The quantitative estimate of drug-likeness (QED) is 0.420. The molecule has 1 fully saturated rings. The molecule has 122 valence electrons. The smallest absolute Gasteiger partial charge is 0.335 e. The zero-order valence-electron chi connectivity index (χ0n) is 15.5. The molecule has 0 N–H and O–H groups in total. The number of carbonyl (C=O) groups is 1. The van der Waals surface area contributed by atoms with Crippen molar-refractivity contribution in [2.24, 2.45) is 5.92 Å². The van der Waals surface area contributed by atoms with Gasteiger partial charge in [0.2, 0.25) is 0 Å². The van der Waals surface area contributed by atoms with Crippen LogP contribution < -0.4 is 0 Å². The molecule has 21 heavy (non-hydrogen) atoms. The molecule has 1 atom stereocenters. The summed E-state index contributed by atoms with van der Waals surface area (Å²) in [5, 5.41) is 0.0726. The summed E-state index contributed by atoms with van der Waals surface area (Å²) >= 11 is 0. The molecule has 0 aliphatic heterocycles. The third-order valence-electron chi connectivity index (χ3n) is 5.03. The molecule has 1 saturated carbocycles. The van der Waals surface area contributed by atoms with Crippen LogP contribution in [0.2, 0.25) is 18.1 Å². The molecule has 0 spiro atoms. The zero-order chi connectivity index (χ0) is 17.0. The van der Waals surface area contributed by atoms with E-state index in [0.717, 1.165) is 19.4 Å². The third-order valence-corrected chi connectivity index (χ3v) is 9.49. The SMILES string of the molecule is [2H]C=C(C(=O)OC)[C@H](O[Si](C)(C)C(C)(C)C)C1CCCCC1. The van der Waals surface area contributed by atoms with Crippen LogP contribution in [0.1, 0.15) is 54.2 Å². The molecule has 0 aromatic rings. The Morgan fingerprint density at radius 3 is 2.29 bits per heavy atom. The lowest BCUT2D eigenvalue weighted by atomic mass is 9.83. The maximum atomic E-state index is 12.1. The maximum absolute atomic E-state index is 12.1. The van der Waals surface area contributed by atoms with Gasteiger partial charge < -0.3 is 9.16 Å². The van der Waals surface area contributed by atoms with E-state index in [1.807, 2.05) is 0 Å². The highest BCUT2D eigenvalue weighted by Crippen LogP contribution is 2.41. The second kappa shape index (κ2) is 7.10. The highest BCUT2D eigenvalue weighted by atomic mass is 28.4. The summed E-state index contributed by atoms with van der Waals surface area (Å²) in [4.78, 5) is 12.1. The van der Waals surface area contributed by atoms with E-state index in [-0.39, 0.29) is 11.1 Å². The first kappa shape index (κ1) is 16.8. The molecule has 0 saturated heterocycles. The summed E-state index contributed by atoms with van der Waals surface area (Å²) in [5.74, 6) is -0.108. The van der Waals surface area contributed by atoms with Gasteiger partial charge in [-0.05, 0) is 36.9 Å². The predicted octanol–water partition coefficient (Wildman–Crippen LogP) is 4.69. The topological polar surface area (TPSA) is 35.5 Å². The van der Waals surface area contributed by atoms with Gasteiger partial charge >= 0.3 is 5.97 Å². The number of hydrogen-bond acceptors (Lipinski definition) is 3. The minimum Gasteiger partial charge on any atom is -0.466 e. The van der Waals surface area contributed by atoms with Crippen molar-refractivity contribution in [3.8, 4) is 0 Å². The van der Waals surface area contributed by atoms with Gasteiger partial charge in [-0.1, -0.05) is 46.6 Å². The van der Waals surface area contributed by atoms with Crippen molar-refractivity contribution < 1.29 is 15.3 Å². The summed E-state index contributed by atoms with van der Waals surface area (Å²) in [7, 11) is -0.650. The third kappa shape index (κ3) is 4.68. The van der Waals surface area contributed by atoms with Gasteiger partial charge in [-0.2, -0.15) is 0 Å². The van der Waals surface area contributed by atoms with E-state index in [1.54, 1.807) is 0 Å². The van der Waals surface area contributed by atoms with Crippen LogP contribution in [0.3, 0.4) is 0 Å². The molecule has 1 aliphatic carbocycles. The van der Waals surface area contributed by atoms with Crippen molar-refractivity contribution in [2.45, 2.75) is 77.1 Å².